The number of rotatable bonds is 3. The van der Waals surface area contributed by atoms with Crippen molar-refractivity contribution < 1.29 is 4.79 Å². The summed E-state index contributed by atoms with van der Waals surface area (Å²) in [5.74, 6) is 1.46. The van der Waals surface area contributed by atoms with Crippen molar-refractivity contribution in [3.05, 3.63) is 53.4 Å². The van der Waals surface area contributed by atoms with E-state index in [1.807, 2.05) is 29.4 Å². The van der Waals surface area contributed by atoms with E-state index in [1.54, 1.807) is 6.92 Å². The van der Waals surface area contributed by atoms with Gasteiger partial charge in [-0.1, -0.05) is 6.07 Å². The third-order valence-electron chi connectivity index (χ3n) is 5.38. The molecule has 0 radical (unpaired) electrons. The summed E-state index contributed by atoms with van der Waals surface area (Å²) in [6, 6.07) is 6.08. The van der Waals surface area contributed by atoms with E-state index < -0.39 is 0 Å². The minimum absolute atomic E-state index is 0.122. The lowest BCUT2D eigenvalue weighted by atomic mass is 9.96. The van der Waals surface area contributed by atoms with Crippen LogP contribution in [0.4, 0.5) is 0 Å². The van der Waals surface area contributed by atoms with Gasteiger partial charge in [-0.25, -0.2) is 9.97 Å². The van der Waals surface area contributed by atoms with Gasteiger partial charge in [-0.2, -0.15) is 0 Å². The van der Waals surface area contributed by atoms with E-state index in [0.29, 0.717) is 12.5 Å². The fourth-order valence-corrected chi connectivity index (χ4v) is 3.93. The smallest absolute Gasteiger partial charge is 0.219 e. The van der Waals surface area contributed by atoms with Crippen molar-refractivity contribution >= 4 is 5.91 Å². The van der Waals surface area contributed by atoms with Crippen molar-refractivity contribution in [3.8, 4) is 0 Å². The maximum Gasteiger partial charge on any atom is 0.219 e. The first-order valence-electron chi connectivity index (χ1n) is 9.41. The highest BCUT2D eigenvalue weighted by Crippen LogP contribution is 2.27. The van der Waals surface area contributed by atoms with E-state index in [-0.39, 0.29) is 5.91 Å². The molecule has 0 aliphatic carbocycles. The predicted molar refractivity (Wildman–Crippen MR) is 98.3 cm³/mol. The fourth-order valence-electron chi connectivity index (χ4n) is 3.93. The number of likely N-dealkylation sites (tertiary alicyclic amines) is 1. The quantitative estimate of drug-likeness (QED) is 0.848. The Bertz CT molecular complexity index is 779. The number of amides is 1. The number of hydrogen-bond donors (Lipinski definition) is 0. The molecule has 0 saturated carbocycles. The lowest BCUT2D eigenvalue weighted by Gasteiger charge is -2.32. The number of carbonyl (C=O) groups is 1. The fraction of sp³-hybridized carbons (Fsp3) is 0.500. The normalized spacial score (nSPS) is 20.7. The highest BCUT2D eigenvalue weighted by atomic mass is 16.2. The summed E-state index contributed by atoms with van der Waals surface area (Å²) in [5.41, 5.74) is 3.33. The highest BCUT2D eigenvalue weighted by molar-refractivity contribution is 5.73. The molecule has 1 saturated heterocycles. The molecule has 6 heteroatoms. The molecule has 2 aromatic rings. The lowest BCUT2D eigenvalue weighted by Crippen LogP contribution is -2.36. The number of pyridine rings is 1. The number of aromatic nitrogens is 3. The van der Waals surface area contributed by atoms with Crippen LogP contribution in [0.15, 0.2) is 30.6 Å². The summed E-state index contributed by atoms with van der Waals surface area (Å²) in [5, 5.41) is 0. The Labute approximate surface area is 154 Å². The Morgan fingerprint density at radius 3 is 3.00 bits per heavy atom. The van der Waals surface area contributed by atoms with Gasteiger partial charge in [0.25, 0.3) is 0 Å². The van der Waals surface area contributed by atoms with Crippen molar-refractivity contribution in [3.63, 3.8) is 0 Å². The molecule has 1 fully saturated rings. The van der Waals surface area contributed by atoms with Crippen LogP contribution >= 0.6 is 0 Å². The van der Waals surface area contributed by atoms with Crippen LogP contribution in [0.5, 0.6) is 0 Å². The Kier molecular flexibility index (Phi) is 4.93. The van der Waals surface area contributed by atoms with Crippen molar-refractivity contribution in [2.45, 2.75) is 45.2 Å². The molecule has 6 nitrogen and oxygen atoms in total. The summed E-state index contributed by atoms with van der Waals surface area (Å²) >= 11 is 0. The third kappa shape index (κ3) is 3.75. The summed E-state index contributed by atoms with van der Waals surface area (Å²) in [4.78, 5) is 29.9. The second-order valence-electron chi connectivity index (χ2n) is 7.29. The second-order valence-corrected chi connectivity index (χ2v) is 7.29. The molecular weight excluding hydrogens is 326 g/mol. The van der Waals surface area contributed by atoms with Gasteiger partial charge in [-0.3, -0.25) is 14.7 Å². The van der Waals surface area contributed by atoms with E-state index in [4.69, 9.17) is 4.98 Å². The average Bonchev–Trinajstić information content (AvgIpc) is 2.68. The first-order chi connectivity index (χ1) is 12.7. The van der Waals surface area contributed by atoms with E-state index >= 15 is 0 Å². The Balaban J connectivity index is 1.45. The third-order valence-corrected chi connectivity index (χ3v) is 5.38. The monoisotopic (exact) mass is 351 g/mol. The molecule has 2 aromatic heterocycles. The van der Waals surface area contributed by atoms with Gasteiger partial charge in [-0.05, 0) is 31.5 Å². The van der Waals surface area contributed by atoms with Crippen molar-refractivity contribution in [2.24, 2.45) is 0 Å². The molecular formula is C20H25N5O. The van der Waals surface area contributed by atoms with Crippen LogP contribution in [0.1, 0.15) is 48.5 Å². The van der Waals surface area contributed by atoms with Crippen LogP contribution < -0.4 is 0 Å². The van der Waals surface area contributed by atoms with E-state index in [1.165, 1.54) is 0 Å². The van der Waals surface area contributed by atoms with Crippen LogP contribution in [0.3, 0.4) is 0 Å². The largest absolute Gasteiger partial charge is 0.338 e. The van der Waals surface area contributed by atoms with E-state index in [2.05, 4.69) is 20.9 Å². The number of piperidine rings is 1. The molecule has 1 amide bonds. The van der Waals surface area contributed by atoms with Gasteiger partial charge >= 0.3 is 0 Å². The molecule has 0 bridgehead atoms. The number of nitrogens with zero attached hydrogens (tertiary/aromatic N) is 5. The molecule has 136 valence electrons. The Hall–Kier alpha value is -2.34. The molecule has 4 heterocycles. The second kappa shape index (κ2) is 7.50. The molecule has 0 unspecified atom stereocenters. The Morgan fingerprint density at radius 1 is 1.27 bits per heavy atom. The molecule has 1 atom stereocenters. The van der Waals surface area contributed by atoms with Crippen molar-refractivity contribution in [1.29, 1.82) is 0 Å². The summed E-state index contributed by atoms with van der Waals surface area (Å²) in [7, 11) is 0. The molecule has 2 aliphatic rings. The zero-order chi connectivity index (χ0) is 17.9. The number of carbonyl (C=O) groups excluding carboxylic acids is 1. The maximum atomic E-state index is 11.6. The predicted octanol–water partition coefficient (Wildman–Crippen LogP) is 2.16. The van der Waals surface area contributed by atoms with Crippen molar-refractivity contribution in [1.82, 2.24) is 24.8 Å². The minimum atomic E-state index is 0.122. The minimum Gasteiger partial charge on any atom is -0.338 e. The average molecular weight is 351 g/mol. The first-order valence-corrected chi connectivity index (χ1v) is 9.41. The topological polar surface area (TPSA) is 62.2 Å². The summed E-state index contributed by atoms with van der Waals surface area (Å²) in [6.07, 6.45) is 6.92. The van der Waals surface area contributed by atoms with Crippen LogP contribution in [0, 0.1) is 0 Å². The zero-order valence-electron chi connectivity index (χ0n) is 15.3. The number of hydrogen-bond acceptors (Lipinski definition) is 5. The van der Waals surface area contributed by atoms with Gasteiger partial charge in [0, 0.05) is 63.4 Å². The molecule has 0 N–H and O–H groups in total. The van der Waals surface area contributed by atoms with Gasteiger partial charge < -0.3 is 4.90 Å². The Morgan fingerprint density at radius 2 is 2.19 bits per heavy atom. The van der Waals surface area contributed by atoms with Crippen LogP contribution in [0.25, 0.3) is 0 Å². The van der Waals surface area contributed by atoms with E-state index in [9.17, 15) is 4.79 Å². The van der Waals surface area contributed by atoms with Gasteiger partial charge in [0.1, 0.15) is 5.82 Å². The molecule has 26 heavy (non-hydrogen) atoms. The molecule has 4 rings (SSSR count). The van der Waals surface area contributed by atoms with Crippen LogP contribution in [0.2, 0.25) is 0 Å². The molecule has 0 spiro atoms. The molecule has 0 aromatic carbocycles. The van der Waals surface area contributed by atoms with Gasteiger partial charge in [-0.15, -0.1) is 0 Å². The first kappa shape index (κ1) is 17.1. The van der Waals surface area contributed by atoms with Crippen molar-refractivity contribution in [2.75, 3.05) is 19.6 Å². The zero-order valence-corrected chi connectivity index (χ0v) is 15.3. The van der Waals surface area contributed by atoms with Crippen LogP contribution in [-0.2, 0) is 24.3 Å². The van der Waals surface area contributed by atoms with E-state index in [0.717, 1.165) is 68.2 Å². The standard InChI is InChI=1S/C20H25N5O/c1-15(26)25-10-7-19-17(13-25)11-22-20(23-19)16-5-4-9-24(12-16)14-18-6-2-3-8-21-18/h2-3,6,8,11,16H,4-5,7,9-10,12-14H2,1H3/t16-/m0/s1. The SMILES string of the molecule is CC(=O)N1CCc2nc([C@H]3CCCN(Cc4ccccn4)C3)ncc2C1. The lowest BCUT2D eigenvalue weighted by molar-refractivity contribution is -0.129. The van der Waals surface area contributed by atoms with Crippen LogP contribution in [-0.4, -0.2) is 50.3 Å². The van der Waals surface area contributed by atoms with Gasteiger partial charge in [0.2, 0.25) is 5.91 Å². The van der Waals surface area contributed by atoms with Gasteiger partial charge in [0.05, 0.1) is 11.4 Å². The van der Waals surface area contributed by atoms with Gasteiger partial charge in [0.15, 0.2) is 0 Å². The molecule has 2 aliphatic heterocycles. The maximum absolute atomic E-state index is 11.6. The number of fused-ring (bicyclic) bond motifs is 1. The summed E-state index contributed by atoms with van der Waals surface area (Å²) in [6.45, 7) is 5.99. The highest BCUT2D eigenvalue weighted by Gasteiger charge is 2.26. The summed E-state index contributed by atoms with van der Waals surface area (Å²) < 4.78 is 0.